The van der Waals surface area contributed by atoms with Crippen LogP contribution in [-0.2, 0) is 6.42 Å². The lowest BCUT2D eigenvalue weighted by Crippen LogP contribution is -1.95. The zero-order chi connectivity index (χ0) is 15.0. The van der Waals surface area contributed by atoms with Gasteiger partial charge >= 0.3 is 0 Å². The van der Waals surface area contributed by atoms with Gasteiger partial charge in [-0.15, -0.1) is 0 Å². The first kappa shape index (κ1) is 14.6. The summed E-state index contributed by atoms with van der Waals surface area (Å²) in [7, 11) is 0. The van der Waals surface area contributed by atoms with Crippen molar-refractivity contribution in [1.82, 2.24) is 4.98 Å². The minimum atomic E-state index is 0.787. The number of benzene rings is 2. The number of nitrogens with zero attached hydrogens (tertiary/aromatic N) is 1. The maximum Gasteiger partial charge on any atom is 0.0757 e. The minimum absolute atomic E-state index is 0.787. The number of rotatable bonds is 2. The van der Waals surface area contributed by atoms with Crippen LogP contribution in [0, 0.1) is 6.92 Å². The average molecular weight is 361 g/mol. The quantitative estimate of drug-likeness (QED) is 0.531. The molecule has 0 bridgehead atoms. The Morgan fingerprint density at radius 2 is 1.86 bits per heavy atom. The predicted molar refractivity (Wildman–Crippen MR) is 94.0 cm³/mol. The second-order valence-corrected chi connectivity index (χ2v) is 6.37. The number of hydrogen-bond donors (Lipinski definition) is 0. The molecule has 0 aliphatic rings. The van der Waals surface area contributed by atoms with Gasteiger partial charge in [0.1, 0.15) is 0 Å². The van der Waals surface area contributed by atoms with Gasteiger partial charge in [-0.25, -0.2) is 4.98 Å². The normalized spacial score (nSPS) is 11.0. The molecule has 106 valence electrons. The summed E-state index contributed by atoms with van der Waals surface area (Å²) in [6.45, 7) is 4.17. The van der Waals surface area contributed by atoms with E-state index in [9.17, 15) is 0 Å². The molecule has 0 atom stereocenters. The Kier molecular flexibility index (Phi) is 4.01. The van der Waals surface area contributed by atoms with Gasteiger partial charge in [-0.3, -0.25) is 0 Å². The third-order valence-electron chi connectivity index (χ3n) is 3.73. The van der Waals surface area contributed by atoms with Gasteiger partial charge in [-0.05, 0) is 36.6 Å². The Bertz CT molecular complexity index is 813. The van der Waals surface area contributed by atoms with Gasteiger partial charge in [0.2, 0.25) is 0 Å². The number of fused-ring (bicyclic) bond motifs is 1. The van der Waals surface area contributed by atoms with Crippen molar-refractivity contribution in [1.29, 1.82) is 0 Å². The molecule has 0 N–H and O–H groups in total. The number of aryl methyl sites for hydroxylation is 1. The summed E-state index contributed by atoms with van der Waals surface area (Å²) < 4.78 is 1.04. The molecule has 0 saturated carbocycles. The second-order valence-electron chi connectivity index (χ2n) is 5.08. The highest BCUT2D eigenvalue weighted by Gasteiger charge is 2.14. The molecular formula is C18H15BrClN. The van der Waals surface area contributed by atoms with E-state index in [0.717, 1.165) is 43.6 Å². The fourth-order valence-electron chi connectivity index (χ4n) is 2.60. The maximum atomic E-state index is 6.62. The van der Waals surface area contributed by atoms with E-state index in [4.69, 9.17) is 16.6 Å². The standard InChI is InChI=1S/C18H15BrClN/c1-3-12-9-14(19)10-15-16(20)11(2)17(21-18(12)15)13-7-5-4-6-8-13/h4-10H,3H2,1-2H3. The fourth-order valence-corrected chi connectivity index (χ4v) is 3.34. The molecule has 21 heavy (non-hydrogen) atoms. The van der Waals surface area contributed by atoms with Crippen LogP contribution in [-0.4, -0.2) is 4.98 Å². The van der Waals surface area contributed by atoms with E-state index in [1.165, 1.54) is 5.56 Å². The lowest BCUT2D eigenvalue weighted by atomic mass is 10.0. The zero-order valence-electron chi connectivity index (χ0n) is 12.0. The van der Waals surface area contributed by atoms with Gasteiger partial charge in [0.05, 0.1) is 16.2 Å². The smallest absolute Gasteiger partial charge is 0.0757 e. The summed E-state index contributed by atoms with van der Waals surface area (Å²) >= 11 is 10.2. The van der Waals surface area contributed by atoms with Crippen molar-refractivity contribution in [2.75, 3.05) is 0 Å². The molecule has 2 aromatic carbocycles. The van der Waals surface area contributed by atoms with Crippen molar-refractivity contribution in [3.63, 3.8) is 0 Å². The molecule has 0 aliphatic heterocycles. The highest BCUT2D eigenvalue weighted by molar-refractivity contribution is 9.10. The van der Waals surface area contributed by atoms with Gasteiger partial charge in [-0.2, -0.15) is 0 Å². The molecule has 0 fully saturated rings. The topological polar surface area (TPSA) is 12.9 Å². The van der Waals surface area contributed by atoms with E-state index in [1.54, 1.807) is 0 Å². The van der Waals surface area contributed by atoms with E-state index in [1.807, 2.05) is 31.2 Å². The number of halogens is 2. The monoisotopic (exact) mass is 359 g/mol. The van der Waals surface area contributed by atoms with E-state index in [2.05, 4.69) is 41.1 Å². The summed E-state index contributed by atoms with van der Waals surface area (Å²) in [6.07, 6.45) is 0.927. The highest BCUT2D eigenvalue weighted by atomic mass is 79.9. The molecule has 1 heterocycles. The molecule has 3 heteroatoms. The van der Waals surface area contributed by atoms with Crippen molar-refractivity contribution in [3.05, 3.63) is 63.1 Å². The van der Waals surface area contributed by atoms with Crippen molar-refractivity contribution >= 4 is 38.4 Å². The zero-order valence-corrected chi connectivity index (χ0v) is 14.3. The molecule has 0 radical (unpaired) electrons. The number of aromatic nitrogens is 1. The Balaban J connectivity index is 2.39. The van der Waals surface area contributed by atoms with Crippen LogP contribution in [0.5, 0.6) is 0 Å². The Morgan fingerprint density at radius 1 is 1.14 bits per heavy atom. The third kappa shape index (κ3) is 2.58. The highest BCUT2D eigenvalue weighted by Crippen LogP contribution is 2.35. The third-order valence-corrected chi connectivity index (χ3v) is 4.67. The molecule has 1 nitrogen and oxygen atoms in total. The molecule has 0 saturated heterocycles. The second kappa shape index (κ2) is 5.78. The van der Waals surface area contributed by atoms with Crippen LogP contribution in [0.1, 0.15) is 18.1 Å². The van der Waals surface area contributed by atoms with Crippen LogP contribution in [0.3, 0.4) is 0 Å². The van der Waals surface area contributed by atoms with Crippen LogP contribution in [0.25, 0.3) is 22.2 Å². The molecule has 0 spiro atoms. The van der Waals surface area contributed by atoms with Crippen molar-refractivity contribution in [2.24, 2.45) is 0 Å². The molecule has 0 aliphatic carbocycles. The first-order chi connectivity index (χ1) is 10.1. The Morgan fingerprint density at radius 3 is 2.52 bits per heavy atom. The van der Waals surface area contributed by atoms with Crippen molar-refractivity contribution < 1.29 is 0 Å². The molecule has 3 rings (SSSR count). The summed E-state index contributed by atoms with van der Waals surface area (Å²) in [5, 5.41) is 1.80. The minimum Gasteiger partial charge on any atom is -0.247 e. The van der Waals surface area contributed by atoms with Crippen LogP contribution in [0.2, 0.25) is 5.02 Å². The first-order valence-corrected chi connectivity index (χ1v) is 8.12. The largest absolute Gasteiger partial charge is 0.247 e. The summed E-state index contributed by atoms with van der Waals surface area (Å²) in [5.41, 5.74) is 5.29. The number of pyridine rings is 1. The lowest BCUT2D eigenvalue weighted by Gasteiger charge is -2.13. The molecular weight excluding hydrogens is 346 g/mol. The van der Waals surface area contributed by atoms with Gasteiger partial charge in [0.15, 0.2) is 0 Å². The Hall–Kier alpha value is -1.38. The van der Waals surface area contributed by atoms with Crippen LogP contribution >= 0.6 is 27.5 Å². The molecule has 0 unspecified atom stereocenters. The predicted octanol–water partition coefficient (Wildman–Crippen LogP) is 6.19. The SMILES string of the molecule is CCc1cc(Br)cc2c(Cl)c(C)c(-c3ccccc3)nc12. The molecule has 3 aromatic rings. The van der Waals surface area contributed by atoms with Gasteiger partial charge in [0, 0.05) is 15.4 Å². The first-order valence-electron chi connectivity index (χ1n) is 6.95. The summed E-state index contributed by atoms with van der Waals surface area (Å²) in [5.74, 6) is 0. The van der Waals surface area contributed by atoms with Crippen LogP contribution < -0.4 is 0 Å². The van der Waals surface area contributed by atoms with E-state index < -0.39 is 0 Å². The van der Waals surface area contributed by atoms with Crippen molar-refractivity contribution in [3.8, 4) is 11.3 Å². The van der Waals surface area contributed by atoms with Gasteiger partial charge in [-0.1, -0.05) is 64.8 Å². The lowest BCUT2D eigenvalue weighted by molar-refractivity contribution is 1.14. The molecule has 1 aromatic heterocycles. The fraction of sp³-hybridized carbons (Fsp3) is 0.167. The Labute approximate surface area is 138 Å². The van der Waals surface area contributed by atoms with Gasteiger partial charge in [0.25, 0.3) is 0 Å². The maximum absolute atomic E-state index is 6.62. The van der Waals surface area contributed by atoms with Gasteiger partial charge < -0.3 is 0 Å². The summed E-state index contributed by atoms with van der Waals surface area (Å²) in [6, 6.07) is 14.4. The van der Waals surface area contributed by atoms with Crippen LogP contribution in [0.15, 0.2) is 46.9 Å². The molecule has 0 amide bonds. The number of hydrogen-bond acceptors (Lipinski definition) is 1. The summed E-state index contributed by atoms with van der Waals surface area (Å²) in [4.78, 5) is 4.91. The van der Waals surface area contributed by atoms with Crippen molar-refractivity contribution in [2.45, 2.75) is 20.3 Å². The van der Waals surface area contributed by atoms with Crippen LogP contribution in [0.4, 0.5) is 0 Å². The van der Waals surface area contributed by atoms with E-state index in [0.29, 0.717) is 0 Å². The van der Waals surface area contributed by atoms with E-state index >= 15 is 0 Å². The average Bonchev–Trinajstić information content (AvgIpc) is 2.51. The van der Waals surface area contributed by atoms with E-state index in [-0.39, 0.29) is 0 Å².